The molecule has 142 valence electrons. The van der Waals surface area contributed by atoms with Crippen molar-refractivity contribution in [3.63, 3.8) is 0 Å². The number of aromatic nitrogens is 2. The van der Waals surface area contributed by atoms with Crippen molar-refractivity contribution in [2.75, 3.05) is 7.11 Å². The van der Waals surface area contributed by atoms with Crippen molar-refractivity contribution in [3.8, 4) is 28.3 Å². The van der Waals surface area contributed by atoms with E-state index in [-0.39, 0.29) is 5.56 Å². The van der Waals surface area contributed by atoms with Crippen LogP contribution in [0.5, 0.6) is 5.75 Å². The highest BCUT2D eigenvalue weighted by Crippen LogP contribution is 2.40. The second-order valence-electron chi connectivity index (χ2n) is 6.88. The fourth-order valence-electron chi connectivity index (χ4n) is 3.78. The molecule has 29 heavy (non-hydrogen) atoms. The molecule has 2 aromatic heterocycles. The normalized spacial score (nSPS) is 11.2. The number of furan rings is 1. The van der Waals surface area contributed by atoms with Gasteiger partial charge in [-0.1, -0.05) is 42.5 Å². The molecule has 0 fully saturated rings. The molecule has 0 atom stereocenters. The molecule has 0 spiro atoms. The molecule has 0 saturated carbocycles. The van der Waals surface area contributed by atoms with Crippen LogP contribution in [-0.2, 0) is 0 Å². The first kappa shape index (κ1) is 17.3. The van der Waals surface area contributed by atoms with Gasteiger partial charge in [-0.3, -0.25) is 4.79 Å². The Hall–Kier alpha value is -3.86. The van der Waals surface area contributed by atoms with E-state index in [9.17, 15) is 4.79 Å². The maximum Gasteiger partial charge on any atom is 0.259 e. The number of para-hydroxylation sites is 1. The summed E-state index contributed by atoms with van der Waals surface area (Å²) in [6.45, 7) is 1.95. The zero-order valence-electron chi connectivity index (χ0n) is 16.0. The Balaban J connectivity index is 1.77. The van der Waals surface area contributed by atoms with Crippen LogP contribution >= 0.6 is 0 Å². The number of rotatable bonds is 3. The lowest BCUT2D eigenvalue weighted by Crippen LogP contribution is -2.09. The Morgan fingerprint density at radius 2 is 1.72 bits per heavy atom. The summed E-state index contributed by atoms with van der Waals surface area (Å²) in [5, 5.41) is 1.51. The summed E-state index contributed by atoms with van der Waals surface area (Å²) in [7, 11) is 1.61. The van der Waals surface area contributed by atoms with E-state index in [1.54, 1.807) is 13.2 Å². The third-order valence-electron chi connectivity index (χ3n) is 5.12. The summed E-state index contributed by atoms with van der Waals surface area (Å²) in [6.07, 6.45) is 0. The maximum atomic E-state index is 12.5. The molecule has 3 aromatic carbocycles. The van der Waals surface area contributed by atoms with Crippen molar-refractivity contribution < 1.29 is 9.15 Å². The lowest BCUT2D eigenvalue weighted by molar-refractivity contribution is 0.416. The van der Waals surface area contributed by atoms with Gasteiger partial charge in [-0.05, 0) is 36.8 Å². The fourth-order valence-corrected chi connectivity index (χ4v) is 3.78. The third kappa shape index (κ3) is 2.79. The van der Waals surface area contributed by atoms with E-state index in [1.807, 2.05) is 55.5 Å². The van der Waals surface area contributed by atoms with Crippen LogP contribution in [0.3, 0.4) is 0 Å². The van der Waals surface area contributed by atoms with Gasteiger partial charge >= 0.3 is 0 Å². The Bertz CT molecular complexity index is 1420. The number of fused-ring (bicyclic) bond motifs is 2. The van der Waals surface area contributed by atoms with Crippen LogP contribution in [0, 0.1) is 6.92 Å². The number of aryl methyl sites for hydroxylation is 1. The van der Waals surface area contributed by atoms with E-state index in [0.29, 0.717) is 33.6 Å². The number of aromatic amines is 1. The number of nitrogens with one attached hydrogen (secondary N) is 1. The molecule has 2 heterocycles. The molecule has 5 rings (SSSR count). The molecule has 0 saturated heterocycles. The minimum Gasteiger partial charge on any atom is -0.496 e. The predicted octanol–water partition coefficient (Wildman–Crippen LogP) is 5.32. The van der Waals surface area contributed by atoms with Gasteiger partial charge in [0, 0.05) is 10.9 Å². The van der Waals surface area contributed by atoms with Gasteiger partial charge in [-0.25, -0.2) is 4.98 Å². The van der Waals surface area contributed by atoms with Crippen LogP contribution in [0.1, 0.15) is 5.76 Å². The molecular weight excluding hydrogens is 364 g/mol. The quantitative estimate of drug-likeness (QED) is 0.458. The molecule has 5 aromatic rings. The van der Waals surface area contributed by atoms with E-state index in [2.05, 4.69) is 22.1 Å². The van der Waals surface area contributed by atoms with Crippen molar-refractivity contribution >= 4 is 21.9 Å². The summed E-state index contributed by atoms with van der Waals surface area (Å²) in [6, 6.07) is 21.2. The van der Waals surface area contributed by atoms with E-state index in [0.717, 1.165) is 22.3 Å². The average Bonchev–Trinajstić information content (AvgIpc) is 3.08. The predicted molar refractivity (Wildman–Crippen MR) is 114 cm³/mol. The monoisotopic (exact) mass is 382 g/mol. The highest BCUT2D eigenvalue weighted by Gasteiger charge is 2.18. The second kappa shape index (κ2) is 6.63. The molecule has 0 unspecified atom stereocenters. The smallest absolute Gasteiger partial charge is 0.259 e. The minimum atomic E-state index is -0.187. The number of ether oxygens (including phenoxy) is 1. The minimum absolute atomic E-state index is 0.187. The average molecular weight is 382 g/mol. The zero-order valence-corrected chi connectivity index (χ0v) is 16.0. The lowest BCUT2D eigenvalue weighted by atomic mass is 10.0. The zero-order chi connectivity index (χ0) is 20.0. The first-order valence-corrected chi connectivity index (χ1v) is 9.31. The van der Waals surface area contributed by atoms with Gasteiger partial charge in [0.25, 0.3) is 5.56 Å². The standard InChI is InChI=1S/C24H18N2O3/c1-14-22(15-8-4-3-5-9-15)17-12-20(28-2)18(13-21(17)29-14)23-25-19-11-7-6-10-16(19)24(27)26-23/h3-13H,1-2H3,(H,25,26,27). The molecule has 0 aliphatic carbocycles. The van der Waals surface area contributed by atoms with Crippen molar-refractivity contribution in [2.45, 2.75) is 6.92 Å². The fraction of sp³-hybridized carbons (Fsp3) is 0.0833. The molecule has 5 nitrogen and oxygen atoms in total. The molecule has 0 amide bonds. The van der Waals surface area contributed by atoms with Crippen LogP contribution in [0.2, 0.25) is 0 Å². The maximum absolute atomic E-state index is 12.5. The largest absolute Gasteiger partial charge is 0.496 e. The van der Waals surface area contributed by atoms with E-state index in [4.69, 9.17) is 9.15 Å². The van der Waals surface area contributed by atoms with Crippen LogP contribution in [0.25, 0.3) is 44.4 Å². The molecule has 0 aliphatic heterocycles. The SMILES string of the molecule is COc1cc2c(-c3ccccc3)c(C)oc2cc1-c1nc2ccccc2c(=O)[nH]1. The van der Waals surface area contributed by atoms with Gasteiger partial charge in [0.2, 0.25) is 0 Å². The molecular formula is C24H18N2O3. The number of H-pyrrole nitrogens is 1. The van der Waals surface area contributed by atoms with Gasteiger partial charge in [0.1, 0.15) is 22.9 Å². The topological polar surface area (TPSA) is 68.1 Å². The van der Waals surface area contributed by atoms with Crippen molar-refractivity contribution in [3.05, 3.63) is 82.8 Å². The van der Waals surface area contributed by atoms with E-state index >= 15 is 0 Å². The van der Waals surface area contributed by atoms with Gasteiger partial charge in [0.05, 0.1) is 23.6 Å². The summed E-state index contributed by atoms with van der Waals surface area (Å²) in [5.74, 6) is 1.89. The number of methoxy groups -OCH3 is 1. The van der Waals surface area contributed by atoms with Crippen LogP contribution in [-0.4, -0.2) is 17.1 Å². The van der Waals surface area contributed by atoms with E-state index in [1.165, 1.54) is 0 Å². The Morgan fingerprint density at radius 3 is 2.52 bits per heavy atom. The second-order valence-corrected chi connectivity index (χ2v) is 6.88. The molecule has 0 radical (unpaired) electrons. The summed E-state index contributed by atoms with van der Waals surface area (Å²) >= 11 is 0. The van der Waals surface area contributed by atoms with Gasteiger partial charge in [-0.15, -0.1) is 0 Å². The van der Waals surface area contributed by atoms with Gasteiger partial charge in [-0.2, -0.15) is 0 Å². The molecule has 0 bridgehead atoms. The third-order valence-corrected chi connectivity index (χ3v) is 5.12. The summed E-state index contributed by atoms with van der Waals surface area (Å²) in [4.78, 5) is 20.0. The molecule has 1 N–H and O–H groups in total. The van der Waals surface area contributed by atoms with Crippen molar-refractivity contribution in [1.29, 1.82) is 0 Å². The Kier molecular flexibility index (Phi) is 3.95. The van der Waals surface area contributed by atoms with Gasteiger partial charge in [0.15, 0.2) is 0 Å². The number of benzene rings is 3. The van der Waals surface area contributed by atoms with Crippen LogP contribution < -0.4 is 10.3 Å². The first-order valence-electron chi connectivity index (χ1n) is 9.31. The Labute approximate surface area is 166 Å². The molecule has 0 aliphatic rings. The van der Waals surface area contributed by atoms with Gasteiger partial charge < -0.3 is 14.1 Å². The highest BCUT2D eigenvalue weighted by molar-refractivity contribution is 5.99. The summed E-state index contributed by atoms with van der Waals surface area (Å²) < 4.78 is 11.7. The van der Waals surface area contributed by atoms with Crippen LogP contribution in [0.15, 0.2) is 75.9 Å². The number of nitrogens with zero attached hydrogens (tertiary/aromatic N) is 1. The lowest BCUT2D eigenvalue weighted by Gasteiger charge is -2.09. The van der Waals surface area contributed by atoms with E-state index < -0.39 is 0 Å². The molecule has 5 heteroatoms. The number of hydrogen-bond acceptors (Lipinski definition) is 4. The highest BCUT2D eigenvalue weighted by atomic mass is 16.5. The number of hydrogen-bond donors (Lipinski definition) is 1. The van der Waals surface area contributed by atoms with Crippen molar-refractivity contribution in [1.82, 2.24) is 9.97 Å². The Morgan fingerprint density at radius 1 is 0.966 bits per heavy atom. The summed E-state index contributed by atoms with van der Waals surface area (Å²) in [5.41, 5.74) is 3.95. The van der Waals surface area contributed by atoms with Crippen LogP contribution in [0.4, 0.5) is 0 Å². The van der Waals surface area contributed by atoms with Crippen molar-refractivity contribution in [2.24, 2.45) is 0 Å². The first-order chi connectivity index (χ1) is 14.2.